The topological polar surface area (TPSA) is 57.7 Å². The number of benzene rings is 1. The molecule has 1 aromatic carbocycles. The summed E-state index contributed by atoms with van der Waals surface area (Å²) in [5.74, 6) is 1.78. The van der Waals surface area contributed by atoms with Gasteiger partial charge in [-0.15, -0.1) is 0 Å². The Labute approximate surface area is 156 Å². The van der Waals surface area contributed by atoms with E-state index in [0.29, 0.717) is 43.4 Å². The molecule has 0 radical (unpaired) electrons. The standard InChI is InChI=1S/C20H28N2O3S/c1-15-3-7-18(8-4-15)26(24,25)22-10-2-9-21(11-12-22)20(23)19-14-16-5-6-17(19)13-16/h3-4,7-8,16-17,19H,2,5-6,9-14H2,1H3/t16-,17-,19-/m0/s1. The smallest absolute Gasteiger partial charge is 0.243 e. The summed E-state index contributed by atoms with van der Waals surface area (Å²) in [7, 11) is -3.48. The Morgan fingerprint density at radius 3 is 2.42 bits per heavy atom. The van der Waals surface area contributed by atoms with Gasteiger partial charge in [0.1, 0.15) is 0 Å². The molecule has 3 atom stereocenters. The van der Waals surface area contributed by atoms with Gasteiger partial charge in [-0.05, 0) is 56.6 Å². The van der Waals surface area contributed by atoms with Crippen molar-refractivity contribution in [2.45, 2.75) is 43.9 Å². The fourth-order valence-corrected chi connectivity index (χ4v) is 6.47. The van der Waals surface area contributed by atoms with Gasteiger partial charge in [-0.3, -0.25) is 4.79 Å². The predicted octanol–water partition coefficient (Wildman–Crippen LogP) is 2.65. The second kappa shape index (κ2) is 6.97. The molecule has 4 rings (SSSR count). The lowest BCUT2D eigenvalue weighted by atomic mass is 9.87. The van der Waals surface area contributed by atoms with Crippen molar-refractivity contribution < 1.29 is 13.2 Å². The molecule has 1 aromatic rings. The Bertz CT molecular complexity index is 775. The average Bonchev–Trinajstić information content (AvgIpc) is 3.17. The first kappa shape index (κ1) is 18.0. The van der Waals surface area contributed by atoms with E-state index in [4.69, 9.17) is 0 Å². The van der Waals surface area contributed by atoms with Crippen LogP contribution < -0.4 is 0 Å². The van der Waals surface area contributed by atoms with Crippen LogP contribution in [0.4, 0.5) is 0 Å². The van der Waals surface area contributed by atoms with Crippen LogP contribution in [0.5, 0.6) is 0 Å². The maximum absolute atomic E-state index is 13.0. The zero-order chi connectivity index (χ0) is 18.3. The monoisotopic (exact) mass is 376 g/mol. The molecule has 2 aliphatic carbocycles. The third-order valence-corrected chi connectivity index (χ3v) is 8.39. The zero-order valence-corrected chi connectivity index (χ0v) is 16.2. The molecule has 26 heavy (non-hydrogen) atoms. The molecule has 0 aromatic heterocycles. The van der Waals surface area contributed by atoms with E-state index in [0.717, 1.165) is 17.9 Å². The summed E-state index contributed by atoms with van der Waals surface area (Å²) in [6.45, 7) is 4.01. The van der Waals surface area contributed by atoms with Gasteiger partial charge in [0.15, 0.2) is 0 Å². The summed E-state index contributed by atoms with van der Waals surface area (Å²) in [6, 6.07) is 7.01. The molecular formula is C20H28N2O3S. The summed E-state index contributed by atoms with van der Waals surface area (Å²) in [6.07, 6.45) is 5.46. The van der Waals surface area contributed by atoms with Crippen molar-refractivity contribution in [3.63, 3.8) is 0 Å². The highest BCUT2D eigenvalue weighted by Crippen LogP contribution is 2.48. The van der Waals surface area contributed by atoms with Crippen molar-refractivity contribution >= 4 is 15.9 Å². The summed E-state index contributed by atoms with van der Waals surface area (Å²) < 4.78 is 27.4. The summed E-state index contributed by atoms with van der Waals surface area (Å²) >= 11 is 0. The number of fused-ring (bicyclic) bond motifs is 2. The van der Waals surface area contributed by atoms with Crippen LogP contribution in [0.25, 0.3) is 0 Å². The first-order chi connectivity index (χ1) is 12.4. The number of carbonyl (C=O) groups excluding carboxylic acids is 1. The van der Waals surface area contributed by atoms with Crippen molar-refractivity contribution in [3.8, 4) is 0 Å². The van der Waals surface area contributed by atoms with Crippen LogP contribution in [0.3, 0.4) is 0 Å². The minimum atomic E-state index is -3.48. The molecule has 1 heterocycles. The van der Waals surface area contributed by atoms with E-state index in [2.05, 4.69) is 0 Å². The van der Waals surface area contributed by atoms with Crippen LogP contribution in [0.15, 0.2) is 29.2 Å². The molecule has 0 unspecified atom stereocenters. The fraction of sp³-hybridized carbons (Fsp3) is 0.650. The lowest BCUT2D eigenvalue weighted by Gasteiger charge is -2.28. The van der Waals surface area contributed by atoms with Crippen LogP contribution in [-0.2, 0) is 14.8 Å². The molecule has 142 valence electrons. The van der Waals surface area contributed by atoms with Crippen molar-refractivity contribution in [2.75, 3.05) is 26.2 Å². The van der Waals surface area contributed by atoms with E-state index >= 15 is 0 Å². The molecule has 2 saturated carbocycles. The number of rotatable bonds is 3. The van der Waals surface area contributed by atoms with Crippen LogP contribution in [0.2, 0.25) is 0 Å². The van der Waals surface area contributed by atoms with Crippen molar-refractivity contribution in [3.05, 3.63) is 29.8 Å². The molecule has 3 fully saturated rings. The first-order valence-corrected chi connectivity index (χ1v) is 11.2. The highest BCUT2D eigenvalue weighted by molar-refractivity contribution is 7.89. The fourth-order valence-electron chi connectivity index (χ4n) is 5.00. The molecule has 0 N–H and O–H groups in total. The van der Waals surface area contributed by atoms with E-state index in [9.17, 15) is 13.2 Å². The van der Waals surface area contributed by atoms with Gasteiger partial charge in [0.2, 0.25) is 15.9 Å². The van der Waals surface area contributed by atoms with E-state index in [-0.39, 0.29) is 11.8 Å². The minimum absolute atomic E-state index is 0.189. The van der Waals surface area contributed by atoms with Gasteiger partial charge in [0.25, 0.3) is 0 Å². The highest BCUT2D eigenvalue weighted by atomic mass is 32.2. The number of sulfonamides is 1. The molecule has 6 heteroatoms. The van der Waals surface area contributed by atoms with Gasteiger partial charge in [-0.2, -0.15) is 4.31 Å². The number of hydrogen-bond donors (Lipinski definition) is 0. The lowest BCUT2D eigenvalue weighted by molar-refractivity contribution is -0.137. The molecule has 2 bridgehead atoms. The number of amides is 1. The molecule has 5 nitrogen and oxygen atoms in total. The summed E-state index contributed by atoms with van der Waals surface area (Å²) in [4.78, 5) is 15.2. The number of nitrogens with zero attached hydrogens (tertiary/aromatic N) is 2. The normalized spacial score (nSPS) is 29.7. The van der Waals surface area contributed by atoms with E-state index < -0.39 is 10.0 Å². The maximum Gasteiger partial charge on any atom is 0.243 e. The quantitative estimate of drug-likeness (QED) is 0.815. The largest absolute Gasteiger partial charge is 0.341 e. The molecule has 1 saturated heterocycles. The van der Waals surface area contributed by atoms with E-state index in [1.165, 1.54) is 19.3 Å². The van der Waals surface area contributed by atoms with Gasteiger partial charge in [-0.25, -0.2) is 8.42 Å². The molecule has 1 amide bonds. The second-order valence-electron chi connectivity index (χ2n) is 8.18. The first-order valence-electron chi connectivity index (χ1n) is 9.81. The van der Waals surface area contributed by atoms with Crippen LogP contribution in [0, 0.1) is 24.7 Å². The van der Waals surface area contributed by atoms with Gasteiger partial charge in [-0.1, -0.05) is 24.1 Å². The van der Waals surface area contributed by atoms with E-state index in [1.54, 1.807) is 16.4 Å². The molecule has 3 aliphatic rings. The maximum atomic E-state index is 13.0. The minimum Gasteiger partial charge on any atom is -0.341 e. The van der Waals surface area contributed by atoms with Crippen LogP contribution >= 0.6 is 0 Å². The Hall–Kier alpha value is -1.40. The Kier molecular flexibility index (Phi) is 4.82. The van der Waals surface area contributed by atoms with Crippen LogP contribution in [-0.4, -0.2) is 49.7 Å². The number of hydrogen-bond acceptors (Lipinski definition) is 3. The number of aryl methyl sites for hydroxylation is 1. The lowest BCUT2D eigenvalue weighted by Crippen LogP contribution is -2.41. The highest BCUT2D eigenvalue weighted by Gasteiger charge is 2.44. The Morgan fingerprint density at radius 2 is 1.77 bits per heavy atom. The number of carbonyl (C=O) groups is 1. The van der Waals surface area contributed by atoms with Crippen molar-refractivity contribution in [2.24, 2.45) is 17.8 Å². The Balaban J connectivity index is 1.43. The van der Waals surface area contributed by atoms with Crippen LogP contribution in [0.1, 0.15) is 37.7 Å². The molecular weight excluding hydrogens is 348 g/mol. The van der Waals surface area contributed by atoms with Crippen molar-refractivity contribution in [1.29, 1.82) is 0 Å². The van der Waals surface area contributed by atoms with Gasteiger partial charge < -0.3 is 4.90 Å². The SMILES string of the molecule is Cc1ccc(S(=O)(=O)N2CCCN(C(=O)[C@H]3C[C@H]4CC[C@H]3C4)CC2)cc1. The Morgan fingerprint density at radius 1 is 1.00 bits per heavy atom. The third kappa shape index (κ3) is 3.29. The second-order valence-corrected chi connectivity index (χ2v) is 10.1. The summed E-state index contributed by atoms with van der Waals surface area (Å²) in [5, 5.41) is 0. The summed E-state index contributed by atoms with van der Waals surface area (Å²) in [5.41, 5.74) is 1.04. The zero-order valence-electron chi connectivity index (χ0n) is 15.4. The molecule has 1 aliphatic heterocycles. The van der Waals surface area contributed by atoms with Gasteiger partial charge in [0, 0.05) is 32.1 Å². The molecule has 0 spiro atoms. The average molecular weight is 377 g/mol. The predicted molar refractivity (Wildman–Crippen MR) is 100 cm³/mol. The van der Waals surface area contributed by atoms with Crippen molar-refractivity contribution in [1.82, 2.24) is 9.21 Å². The van der Waals surface area contributed by atoms with Gasteiger partial charge >= 0.3 is 0 Å². The third-order valence-electron chi connectivity index (χ3n) is 6.48. The van der Waals surface area contributed by atoms with Gasteiger partial charge in [0.05, 0.1) is 4.90 Å². The van der Waals surface area contributed by atoms with E-state index in [1.807, 2.05) is 24.0 Å².